The van der Waals surface area contributed by atoms with Crippen molar-refractivity contribution in [2.75, 3.05) is 6.54 Å². The number of rotatable bonds is 5. The average molecular weight is 291 g/mol. The van der Waals surface area contributed by atoms with E-state index in [9.17, 15) is 4.79 Å². The van der Waals surface area contributed by atoms with Gasteiger partial charge in [-0.25, -0.2) is 0 Å². The van der Waals surface area contributed by atoms with Gasteiger partial charge in [0.15, 0.2) is 0 Å². The molecule has 3 saturated carbocycles. The van der Waals surface area contributed by atoms with Crippen molar-refractivity contribution in [3.8, 4) is 0 Å². The van der Waals surface area contributed by atoms with E-state index in [1.165, 1.54) is 89.9 Å². The molecule has 2 nitrogen and oxygen atoms in total. The van der Waals surface area contributed by atoms with E-state index in [0.717, 1.165) is 6.54 Å². The van der Waals surface area contributed by atoms with Crippen molar-refractivity contribution < 1.29 is 4.79 Å². The second kappa shape index (κ2) is 7.76. The van der Waals surface area contributed by atoms with Crippen LogP contribution in [0.4, 0.5) is 0 Å². The maximum Gasteiger partial charge on any atom is 0.149 e. The molecule has 3 aliphatic carbocycles. The molecule has 0 amide bonds. The second-order valence-electron chi connectivity index (χ2n) is 7.70. The van der Waals surface area contributed by atoms with Crippen LogP contribution in [0, 0.1) is 5.92 Å². The van der Waals surface area contributed by atoms with Gasteiger partial charge in [0.1, 0.15) is 5.78 Å². The molecule has 0 saturated heterocycles. The number of ketones is 1. The predicted molar refractivity (Wildman–Crippen MR) is 87.4 cm³/mol. The third-order valence-electron chi connectivity index (χ3n) is 6.24. The van der Waals surface area contributed by atoms with Gasteiger partial charge in [-0.2, -0.15) is 0 Å². The van der Waals surface area contributed by atoms with Crippen LogP contribution >= 0.6 is 0 Å². The highest BCUT2D eigenvalue weighted by Crippen LogP contribution is 2.32. The normalized spacial score (nSPS) is 26.5. The number of carbonyl (C=O) groups excluding carboxylic acids is 1. The van der Waals surface area contributed by atoms with Crippen LogP contribution in [0.15, 0.2) is 0 Å². The Hall–Kier alpha value is -0.370. The Morgan fingerprint density at radius 2 is 1.10 bits per heavy atom. The topological polar surface area (TPSA) is 20.3 Å². The summed E-state index contributed by atoms with van der Waals surface area (Å²) in [5, 5.41) is 0. The molecule has 0 aromatic heterocycles. The minimum absolute atomic E-state index is 0.402. The molecule has 0 unspecified atom stereocenters. The first-order chi connectivity index (χ1) is 10.3. The maximum absolute atomic E-state index is 12.7. The van der Waals surface area contributed by atoms with E-state index >= 15 is 0 Å². The van der Waals surface area contributed by atoms with E-state index in [4.69, 9.17) is 0 Å². The lowest BCUT2D eigenvalue weighted by Crippen LogP contribution is -2.48. The van der Waals surface area contributed by atoms with Gasteiger partial charge in [0, 0.05) is 18.0 Å². The number of nitrogens with zero attached hydrogens (tertiary/aromatic N) is 1. The lowest BCUT2D eigenvalue weighted by atomic mass is 9.88. The Bertz CT molecular complexity index is 304. The Morgan fingerprint density at radius 3 is 1.57 bits per heavy atom. The monoisotopic (exact) mass is 291 g/mol. The first kappa shape index (κ1) is 15.5. The SMILES string of the molecule is O=C(CN(C1CCCCC1)C1CCCCC1)C1CCCC1. The average Bonchev–Trinajstić information content (AvgIpc) is 3.09. The van der Waals surface area contributed by atoms with Crippen LogP contribution in [0.2, 0.25) is 0 Å². The fourth-order valence-electron chi connectivity index (χ4n) is 4.94. The van der Waals surface area contributed by atoms with Crippen LogP contribution in [0.5, 0.6) is 0 Å². The minimum Gasteiger partial charge on any atom is -0.298 e. The zero-order valence-electron chi connectivity index (χ0n) is 13.7. The highest BCUT2D eigenvalue weighted by molar-refractivity contribution is 5.83. The van der Waals surface area contributed by atoms with Gasteiger partial charge in [-0.15, -0.1) is 0 Å². The smallest absolute Gasteiger partial charge is 0.149 e. The summed E-state index contributed by atoms with van der Waals surface area (Å²) in [7, 11) is 0. The zero-order chi connectivity index (χ0) is 14.5. The van der Waals surface area contributed by atoms with Gasteiger partial charge in [-0.1, -0.05) is 51.4 Å². The molecule has 0 bridgehead atoms. The Labute approximate surface area is 130 Å². The Morgan fingerprint density at radius 1 is 0.667 bits per heavy atom. The summed E-state index contributed by atoms with van der Waals surface area (Å²) < 4.78 is 0. The fourth-order valence-corrected chi connectivity index (χ4v) is 4.94. The van der Waals surface area contributed by atoms with Crippen molar-refractivity contribution in [2.24, 2.45) is 5.92 Å². The molecular formula is C19H33NO. The largest absolute Gasteiger partial charge is 0.298 e. The fraction of sp³-hybridized carbons (Fsp3) is 0.947. The number of hydrogen-bond acceptors (Lipinski definition) is 2. The molecule has 21 heavy (non-hydrogen) atoms. The molecule has 3 rings (SSSR count). The molecule has 0 heterocycles. The summed E-state index contributed by atoms with van der Waals surface area (Å²) in [4.78, 5) is 15.4. The number of carbonyl (C=O) groups is 1. The van der Waals surface area contributed by atoms with Crippen molar-refractivity contribution >= 4 is 5.78 Å². The van der Waals surface area contributed by atoms with Gasteiger partial charge in [-0.05, 0) is 38.5 Å². The van der Waals surface area contributed by atoms with E-state index in [0.29, 0.717) is 23.8 Å². The third-order valence-corrected chi connectivity index (χ3v) is 6.24. The zero-order valence-corrected chi connectivity index (χ0v) is 13.7. The molecule has 3 fully saturated rings. The van der Waals surface area contributed by atoms with Gasteiger partial charge in [0.25, 0.3) is 0 Å². The maximum atomic E-state index is 12.7. The molecule has 0 aromatic rings. The van der Waals surface area contributed by atoms with Crippen LogP contribution in [0.1, 0.15) is 89.9 Å². The van der Waals surface area contributed by atoms with Gasteiger partial charge >= 0.3 is 0 Å². The summed E-state index contributed by atoms with van der Waals surface area (Å²) in [6.45, 7) is 0.778. The molecule has 0 atom stereocenters. The second-order valence-corrected chi connectivity index (χ2v) is 7.70. The van der Waals surface area contributed by atoms with Crippen LogP contribution in [0.25, 0.3) is 0 Å². The van der Waals surface area contributed by atoms with Crippen LogP contribution < -0.4 is 0 Å². The Kier molecular flexibility index (Phi) is 5.74. The van der Waals surface area contributed by atoms with Crippen LogP contribution in [-0.2, 0) is 4.79 Å². The molecule has 0 spiro atoms. The summed E-state index contributed by atoms with van der Waals surface area (Å²) >= 11 is 0. The predicted octanol–water partition coefficient (Wildman–Crippen LogP) is 4.71. The molecule has 2 heteroatoms. The van der Waals surface area contributed by atoms with Crippen molar-refractivity contribution in [1.29, 1.82) is 0 Å². The highest BCUT2D eigenvalue weighted by Gasteiger charge is 2.32. The third kappa shape index (κ3) is 4.09. The van der Waals surface area contributed by atoms with Gasteiger partial charge in [0.05, 0.1) is 6.54 Å². The van der Waals surface area contributed by atoms with E-state index < -0.39 is 0 Å². The summed E-state index contributed by atoms with van der Waals surface area (Å²) in [5.41, 5.74) is 0. The lowest BCUT2D eigenvalue weighted by Gasteiger charge is -2.41. The molecule has 0 aromatic carbocycles. The highest BCUT2D eigenvalue weighted by atomic mass is 16.1. The van der Waals surface area contributed by atoms with E-state index in [-0.39, 0.29) is 0 Å². The van der Waals surface area contributed by atoms with Crippen LogP contribution in [-0.4, -0.2) is 29.3 Å². The molecule has 0 radical (unpaired) electrons. The summed E-state index contributed by atoms with van der Waals surface area (Å²) in [6, 6.07) is 1.43. The van der Waals surface area contributed by atoms with Crippen molar-refractivity contribution in [3.05, 3.63) is 0 Å². The van der Waals surface area contributed by atoms with Gasteiger partial charge in [0.2, 0.25) is 0 Å². The van der Waals surface area contributed by atoms with Gasteiger partial charge in [-0.3, -0.25) is 9.69 Å². The quantitative estimate of drug-likeness (QED) is 0.731. The first-order valence-corrected chi connectivity index (χ1v) is 9.63. The van der Waals surface area contributed by atoms with E-state index in [1.807, 2.05) is 0 Å². The summed E-state index contributed by atoms with van der Waals surface area (Å²) in [5.74, 6) is 0.975. The standard InChI is InChI=1S/C19H33NO/c21-19(16-9-7-8-10-16)15-20(17-11-3-1-4-12-17)18-13-5-2-6-14-18/h16-18H,1-15H2. The van der Waals surface area contributed by atoms with Crippen molar-refractivity contribution in [1.82, 2.24) is 4.90 Å². The molecule has 120 valence electrons. The molecule has 0 N–H and O–H groups in total. The number of Topliss-reactive ketones (excluding diaryl/α,β-unsaturated/α-hetero) is 1. The Balaban J connectivity index is 1.63. The summed E-state index contributed by atoms with van der Waals surface area (Å²) in [6.07, 6.45) is 18.6. The van der Waals surface area contributed by atoms with E-state index in [2.05, 4.69) is 4.90 Å². The van der Waals surface area contributed by atoms with Crippen molar-refractivity contribution in [2.45, 2.75) is 102 Å². The molecule has 3 aliphatic rings. The van der Waals surface area contributed by atoms with Gasteiger partial charge < -0.3 is 0 Å². The first-order valence-electron chi connectivity index (χ1n) is 9.63. The number of hydrogen-bond donors (Lipinski definition) is 0. The minimum atomic E-state index is 0.402. The van der Waals surface area contributed by atoms with E-state index in [1.54, 1.807) is 0 Å². The van der Waals surface area contributed by atoms with Crippen LogP contribution in [0.3, 0.4) is 0 Å². The van der Waals surface area contributed by atoms with Crippen molar-refractivity contribution in [3.63, 3.8) is 0 Å². The molecule has 0 aliphatic heterocycles. The lowest BCUT2D eigenvalue weighted by molar-refractivity contribution is -0.125. The molecular weight excluding hydrogens is 258 g/mol.